The Morgan fingerprint density at radius 2 is 1.95 bits per heavy atom. The molecule has 1 aromatic heterocycles. The molecule has 0 unspecified atom stereocenters. The Kier molecular flexibility index (Phi) is 4.09. The van der Waals surface area contributed by atoms with Crippen molar-refractivity contribution in [2.24, 2.45) is 0 Å². The summed E-state index contributed by atoms with van der Waals surface area (Å²) in [5.41, 5.74) is 2.70. The van der Waals surface area contributed by atoms with Gasteiger partial charge in [-0.25, -0.2) is 0 Å². The number of aromatic nitrogens is 1. The molecule has 1 aliphatic heterocycles. The summed E-state index contributed by atoms with van der Waals surface area (Å²) < 4.78 is 0. The van der Waals surface area contributed by atoms with Gasteiger partial charge in [0.25, 0.3) is 0 Å². The van der Waals surface area contributed by atoms with Crippen molar-refractivity contribution in [2.75, 3.05) is 26.7 Å². The minimum Gasteiger partial charge on any atom is -0.297 e. The van der Waals surface area contributed by atoms with Gasteiger partial charge in [-0.05, 0) is 24.2 Å². The average molecular weight is 267 g/mol. The first-order valence-corrected chi connectivity index (χ1v) is 7.19. The van der Waals surface area contributed by atoms with E-state index in [4.69, 9.17) is 0 Å². The second-order valence-corrected chi connectivity index (χ2v) is 5.50. The largest absolute Gasteiger partial charge is 0.297 e. The Bertz CT molecular complexity index is 526. The second-order valence-electron chi connectivity index (χ2n) is 5.50. The number of benzene rings is 1. The van der Waals surface area contributed by atoms with Crippen molar-refractivity contribution < 1.29 is 0 Å². The van der Waals surface area contributed by atoms with Gasteiger partial charge in [0.2, 0.25) is 0 Å². The first kappa shape index (κ1) is 13.3. The molecular formula is C17H21N3. The van der Waals surface area contributed by atoms with Gasteiger partial charge in [-0.3, -0.25) is 14.8 Å². The third-order valence-corrected chi connectivity index (χ3v) is 4.05. The highest BCUT2D eigenvalue weighted by atomic mass is 15.3. The topological polar surface area (TPSA) is 19.4 Å². The predicted octanol–water partition coefficient (Wildman–Crippen LogP) is 2.57. The van der Waals surface area contributed by atoms with Crippen LogP contribution >= 0.6 is 0 Å². The number of rotatable bonds is 3. The van der Waals surface area contributed by atoms with Crippen LogP contribution in [0.2, 0.25) is 0 Å². The van der Waals surface area contributed by atoms with Crippen molar-refractivity contribution >= 4 is 0 Å². The molecule has 2 aromatic rings. The van der Waals surface area contributed by atoms with Crippen molar-refractivity contribution in [3.05, 3.63) is 66.0 Å². The summed E-state index contributed by atoms with van der Waals surface area (Å²) in [6, 6.07) is 15.5. The monoisotopic (exact) mass is 267 g/mol. The summed E-state index contributed by atoms with van der Waals surface area (Å²) in [6.07, 6.45) is 3.80. The zero-order valence-corrected chi connectivity index (χ0v) is 11.9. The third-order valence-electron chi connectivity index (χ3n) is 4.05. The van der Waals surface area contributed by atoms with Crippen molar-refractivity contribution in [1.82, 2.24) is 14.8 Å². The van der Waals surface area contributed by atoms with Crippen LogP contribution in [0.4, 0.5) is 0 Å². The lowest BCUT2D eigenvalue weighted by Crippen LogP contribution is -2.46. The van der Waals surface area contributed by atoms with Crippen LogP contribution < -0.4 is 0 Å². The van der Waals surface area contributed by atoms with Crippen LogP contribution in [0.25, 0.3) is 0 Å². The SMILES string of the molecule is CN1CCN(Cc2cccnc2)C[C@@H]1c1ccccc1. The zero-order chi connectivity index (χ0) is 13.8. The first-order valence-electron chi connectivity index (χ1n) is 7.19. The molecule has 3 rings (SSSR count). The molecule has 104 valence electrons. The number of piperazine rings is 1. The molecule has 0 aliphatic carbocycles. The van der Waals surface area contributed by atoms with E-state index in [0.29, 0.717) is 6.04 Å². The summed E-state index contributed by atoms with van der Waals surface area (Å²) in [4.78, 5) is 9.18. The van der Waals surface area contributed by atoms with Gasteiger partial charge in [-0.15, -0.1) is 0 Å². The quantitative estimate of drug-likeness (QED) is 0.852. The Labute approximate surface area is 120 Å². The molecule has 1 saturated heterocycles. The molecule has 3 heteroatoms. The lowest BCUT2D eigenvalue weighted by molar-refractivity contribution is 0.0904. The maximum atomic E-state index is 4.21. The Morgan fingerprint density at radius 3 is 2.70 bits per heavy atom. The molecule has 1 fully saturated rings. The maximum absolute atomic E-state index is 4.21. The molecule has 0 amide bonds. The van der Waals surface area contributed by atoms with Crippen molar-refractivity contribution in [3.8, 4) is 0 Å². The smallest absolute Gasteiger partial charge is 0.0472 e. The number of hydrogen-bond acceptors (Lipinski definition) is 3. The molecule has 1 aromatic carbocycles. The fourth-order valence-electron chi connectivity index (χ4n) is 2.86. The van der Waals surface area contributed by atoms with Crippen molar-refractivity contribution in [1.29, 1.82) is 0 Å². The highest BCUT2D eigenvalue weighted by Crippen LogP contribution is 2.24. The van der Waals surface area contributed by atoms with Crippen molar-refractivity contribution in [2.45, 2.75) is 12.6 Å². The van der Waals surface area contributed by atoms with Gasteiger partial charge in [0, 0.05) is 44.6 Å². The number of hydrogen-bond donors (Lipinski definition) is 0. The summed E-state index contributed by atoms with van der Waals surface area (Å²) in [7, 11) is 2.22. The summed E-state index contributed by atoms with van der Waals surface area (Å²) >= 11 is 0. The minimum absolute atomic E-state index is 0.488. The van der Waals surface area contributed by atoms with Crippen LogP contribution in [-0.2, 0) is 6.54 Å². The molecule has 0 radical (unpaired) electrons. The minimum atomic E-state index is 0.488. The van der Waals surface area contributed by atoms with Gasteiger partial charge in [0.1, 0.15) is 0 Å². The van der Waals surface area contributed by atoms with E-state index < -0.39 is 0 Å². The normalized spacial score (nSPS) is 20.9. The van der Waals surface area contributed by atoms with Crippen LogP contribution in [0.5, 0.6) is 0 Å². The summed E-state index contributed by atoms with van der Waals surface area (Å²) in [5, 5.41) is 0. The molecule has 20 heavy (non-hydrogen) atoms. The zero-order valence-electron chi connectivity index (χ0n) is 11.9. The van der Waals surface area contributed by atoms with E-state index in [-0.39, 0.29) is 0 Å². The van der Waals surface area contributed by atoms with E-state index in [1.165, 1.54) is 11.1 Å². The Balaban J connectivity index is 1.70. The maximum Gasteiger partial charge on any atom is 0.0472 e. The molecule has 0 spiro atoms. The molecule has 0 saturated carbocycles. The lowest BCUT2D eigenvalue weighted by atomic mass is 10.0. The van der Waals surface area contributed by atoms with Gasteiger partial charge in [-0.2, -0.15) is 0 Å². The molecule has 1 aliphatic rings. The van der Waals surface area contributed by atoms with Gasteiger partial charge in [0.15, 0.2) is 0 Å². The van der Waals surface area contributed by atoms with E-state index in [1.54, 1.807) is 0 Å². The van der Waals surface area contributed by atoms with E-state index in [1.807, 2.05) is 18.5 Å². The van der Waals surface area contributed by atoms with Gasteiger partial charge >= 0.3 is 0 Å². The number of likely N-dealkylation sites (N-methyl/N-ethyl adjacent to an activating group) is 1. The summed E-state index contributed by atoms with van der Waals surface area (Å²) in [6.45, 7) is 4.30. The molecule has 0 N–H and O–H groups in total. The van der Waals surface area contributed by atoms with E-state index in [0.717, 1.165) is 26.2 Å². The highest BCUT2D eigenvalue weighted by Gasteiger charge is 2.25. The van der Waals surface area contributed by atoms with E-state index in [9.17, 15) is 0 Å². The van der Waals surface area contributed by atoms with Crippen LogP contribution in [0.1, 0.15) is 17.2 Å². The Morgan fingerprint density at radius 1 is 1.10 bits per heavy atom. The molecule has 3 nitrogen and oxygen atoms in total. The second kappa shape index (κ2) is 6.16. The van der Waals surface area contributed by atoms with Crippen molar-refractivity contribution in [3.63, 3.8) is 0 Å². The standard InChI is InChI=1S/C17H21N3/c1-19-10-11-20(13-15-6-5-9-18-12-15)14-17(19)16-7-3-2-4-8-16/h2-9,12,17H,10-11,13-14H2,1H3/t17-/m1/s1. The highest BCUT2D eigenvalue weighted by molar-refractivity contribution is 5.20. The van der Waals surface area contributed by atoms with Crippen LogP contribution in [0.3, 0.4) is 0 Å². The third kappa shape index (κ3) is 3.06. The average Bonchev–Trinajstić information content (AvgIpc) is 2.51. The summed E-state index contributed by atoms with van der Waals surface area (Å²) in [5.74, 6) is 0. The fourth-order valence-corrected chi connectivity index (χ4v) is 2.86. The number of nitrogens with zero attached hydrogens (tertiary/aromatic N) is 3. The van der Waals surface area contributed by atoms with Gasteiger partial charge in [-0.1, -0.05) is 36.4 Å². The lowest BCUT2D eigenvalue weighted by Gasteiger charge is -2.39. The van der Waals surface area contributed by atoms with Gasteiger partial charge < -0.3 is 0 Å². The molecular weight excluding hydrogens is 246 g/mol. The fraction of sp³-hybridized carbons (Fsp3) is 0.353. The first-order chi connectivity index (χ1) is 9.83. The molecule has 2 heterocycles. The van der Waals surface area contributed by atoms with E-state index >= 15 is 0 Å². The van der Waals surface area contributed by atoms with Gasteiger partial charge in [0.05, 0.1) is 0 Å². The Hall–Kier alpha value is -1.71. The van der Waals surface area contributed by atoms with Crippen LogP contribution in [0.15, 0.2) is 54.9 Å². The molecule has 1 atom stereocenters. The molecule has 0 bridgehead atoms. The van der Waals surface area contributed by atoms with E-state index in [2.05, 4.69) is 58.2 Å². The van der Waals surface area contributed by atoms with Crippen LogP contribution in [-0.4, -0.2) is 41.5 Å². The predicted molar refractivity (Wildman–Crippen MR) is 81.3 cm³/mol. The van der Waals surface area contributed by atoms with Crippen LogP contribution in [0, 0.1) is 0 Å². The number of pyridine rings is 1.